The average Bonchev–Trinajstić information content (AvgIpc) is 3.03. The summed E-state index contributed by atoms with van der Waals surface area (Å²) in [5.74, 6) is -1.05. The first-order chi connectivity index (χ1) is 12.8. The number of nitrogens with zero attached hydrogens (tertiary/aromatic N) is 2. The molecule has 142 valence electrons. The summed E-state index contributed by atoms with van der Waals surface area (Å²) in [5, 5.41) is 1.000. The largest absolute Gasteiger partial charge is 0.452 e. The molecule has 3 rings (SSSR count). The van der Waals surface area contributed by atoms with Gasteiger partial charge in [0.1, 0.15) is 0 Å². The van der Waals surface area contributed by atoms with Gasteiger partial charge < -0.3 is 9.64 Å². The van der Waals surface area contributed by atoms with Crippen molar-refractivity contribution in [2.24, 2.45) is 0 Å². The lowest BCUT2D eigenvalue weighted by Crippen LogP contribution is -2.40. The van der Waals surface area contributed by atoms with Gasteiger partial charge in [0.15, 0.2) is 16.4 Å². The number of likely N-dealkylation sites (N-methyl/N-ethyl adjacent to an activating group) is 1. The molecule has 1 fully saturated rings. The molecule has 1 aromatic carbocycles. The second-order valence-electron chi connectivity index (χ2n) is 6.43. The number of ether oxygens (including phenoxy) is 1. The standard InChI is InChI=1S/C19H20N2O5S/c1-21(16-10-11-27(24,25)13-16)18(22)12-26-19(23)9-8-15-7-6-14-4-2-3-5-17(14)20-15/h2-9,16H,10-13H2,1H3/b9-8+/t16-/m1/s1. The number of hydrogen-bond acceptors (Lipinski definition) is 6. The molecular weight excluding hydrogens is 368 g/mol. The smallest absolute Gasteiger partial charge is 0.331 e. The Morgan fingerprint density at radius 2 is 2.04 bits per heavy atom. The van der Waals surface area contributed by atoms with Crippen LogP contribution in [0.3, 0.4) is 0 Å². The Labute approximate surface area is 157 Å². The lowest BCUT2D eigenvalue weighted by atomic mass is 10.2. The van der Waals surface area contributed by atoms with Gasteiger partial charge in [-0.2, -0.15) is 0 Å². The molecule has 27 heavy (non-hydrogen) atoms. The Kier molecular flexibility index (Phi) is 5.55. The van der Waals surface area contributed by atoms with Crippen molar-refractivity contribution in [1.82, 2.24) is 9.88 Å². The maximum absolute atomic E-state index is 12.1. The van der Waals surface area contributed by atoms with Gasteiger partial charge in [-0.15, -0.1) is 0 Å². The Balaban J connectivity index is 1.52. The third kappa shape index (κ3) is 4.91. The maximum atomic E-state index is 12.1. The van der Waals surface area contributed by atoms with Crippen LogP contribution in [-0.2, 0) is 24.2 Å². The molecule has 0 aliphatic carbocycles. The average molecular weight is 388 g/mol. The molecule has 1 saturated heterocycles. The predicted molar refractivity (Wildman–Crippen MR) is 102 cm³/mol. The molecule has 1 aliphatic heterocycles. The topological polar surface area (TPSA) is 93.6 Å². The SMILES string of the molecule is CN(C(=O)COC(=O)/C=C/c1ccc2ccccc2n1)[C@@H]1CCS(=O)(=O)C1. The van der Waals surface area contributed by atoms with Gasteiger partial charge in [0.25, 0.3) is 5.91 Å². The highest BCUT2D eigenvalue weighted by Crippen LogP contribution is 2.16. The van der Waals surface area contributed by atoms with Gasteiger partial charge in [0.2, 0.25) is 0 Å². The van der Waals surface area contributed by atoms with Crippen LogP contribution in [0.25, 0.3) is 17.0 Å². The Morgan fingerprint density at radius 1 is 1.26 bits per heavy atom. The fourth-order valence-corrected chi connectivity index (χ4v) is 4.67. The molecule has 0 radical (unpaired) electrons. The minimum Gasteiger partial charge on any atom is -0.452 e. The summed E-state index contributed by atoms with van der Waals surface area (Å²) in [6.45, 7) is -0.429. The number of fused-ring (bicyclic) bond motifs is 1. The van der Waals surface area contributed by atoms with Gasteiger partial charge in [-0.25, -0.2) is 18.2 Å². The summed E-state index contributed by atoms with van der Waals surface area (Å²) < 4.78 is 27.9. The molecule has 1 atom stereocenters. The van der Waals surface area contributed by atoms with Gasteiger partial charge in [-0.05, 0) is 24.6 Å². The van der Waals surface area contributed by atoms with Crippen LogP contribution in [0.1, 0.15) is 12.1 Å². The van der Waals surface area contributed by atoms with Crippen LogP contribution in [-0.4, -0.2) is 61.4 Å². The van der Waals surface area contributed by atoms with Gasteiger partial charge >= 0.3 is 5.97 Å². The fraction of sp³-hybridized carbons (Fsp3) is 0.316. The molecule has 2 aromatic rings. The zero-order valence-electron chi connectivity index (χ0n) is 14.9. The van der Waals surface area contributed by atoms with Crippen LogP contribution in [0.2, 0.25) is 0 Å². The summed E-state index contributed by atoms with van der Waals surface area (Å²) in [6.07, 6.45) is 3.14. The third-order valence-electron chi connectivity index (χ3n) is 4.50. The van der Waals surface area contributed by atoms with Crippen molar-refractivity contribution < 1.29 is 22.7 Å². The summed E-state index contributed by atoms with van der Waals surface area (Å²) in [4.78, 5) is 29.7. The normalized spacial score (nSPS) is 18.6. The minimum atomic E-state index is -3.08. The number of sulfone groups is 1. The van der Waals surface area contributed by atoms with Crippen LogP contribution >= 0.6 is 0 Å². The van der Waals surface area contributed by atoms with E-state index in [-0.39, 0.29) is 17.5 Å². The van der Waals surface area contributed by atoms with Crippen molar-refractivity contribution in [1.29, 1.82) is 0 Å². The lowest BCUT2D eigenvalue weighted by molar-refractivity contribution is -0.148. The molecule has 1 amide bonds. The molecule has 2 heterocycles. The Bertz CT molecular complexity index is 1000. The highest BCUT2D eigenvalue weighted by molar-refractivity contribution is 7.91. The van der Waals surface area contributed by atoms with E-state index in [4.69, 9.17) is 4.74 Å². The Hall–Kier alpha value is -2.74. The summed E-state index contributed by atoms with van der Waals surface area (Å²) >= 11 is 0. The second-order valence-corrected chi connectivity index (χ2v) is 8.66. The van der Waals surface area contributed by atoms with E-state index in [9.17, 15) is 18.0 Å². The van der Waals surface area contributed by atoms with Crippen LogP contribution in [0.5, 0.6) is 0 Å². The zero-order valence-corrected chi connectivity index (χ0v) is 15.7. The third-order valence-corrected chi connectivity index (χ3v) is 6.25. The van der Waals surface area contributed by atoms with E-state index in [0.29, 0.717) is 12.1 Å². The highest BCUT2D eigenvalue weighted by atomic mass is 32.2. The number of benzene rings is 1. The van der Waals surface area contributed by atoms with E-state index in [1.807, 2.05) is 30.3 Å². The Morgan fingerprint density at radius 3 is 2.78 bits per heavy atom. The van der Waals surface area contributed by atoms with E-state index in [1.54, 1.807) is 6.07 Å². The molecule has 0 spiro atoms. The van der Waals surface area contributed by atoms with E-state index in [0.717, 1.165) is 10.9 Å². The van der Waals surface area contributed by atoms with E-state index in [2.05, 4.69) is 4.98 Å². The van der Waals surface area contributed by atoms with Crippen molar-refractivity contribution in [2.75, 3.05) is 25.2 Å². The number of pyridine rings is 1. The number of rotatable bonds is 5. The number of carbonyl (C=O) groups is 2. The van der Waals surface area contributed by atoms with E-state index < -0.39 is 28.3 Å². The quantitative estimate of drug-likeness (QED) is 0.568. The van der Waals surface area contributed by atoms with Crippen molar-refractivity contribution in [3.63, 3.8) is 0 Å². The molecule has 8 heteroatoms. The molecule has 0 N–H and O–H groups in total. The number of carbonyl (C=O) groups excluding carboxylic acids is 2. The first-order valence-electron chi connectivity index (χ1n) is 8.51. The van der Waals surface area contributed by atoms with Gasteiger partial charge in [-0.3, -0.25) is 4.79 Å². The molecule has 1 aromatic heterocycles. The fourth-order valence-electron chi connectivity index (χ4n) is 2.90. The van der Waals surface area contributed by atoms with Crippen molar-refractivity contribution in [2.45, 2.75) is 12.5 Å². The number of aromatic nitrogens is 1. The van der Waals surface area contributed by atoms with E-state index in [1.165, 1.54) is 24.1 Å². The highest BCUT2D eigenvalue weighted by Gasteiger charge is 2.32. The minimum absolute atomic E-state index is 0.0449. The van der Waals surface area contributed by atoms with E-state index >= 15 is 0 Å². The van der Waals surface area contributed by atoms with Gasteiger partial charge in [0, 0.05) is 24.6 Å². The first-order valence-corrected chi connectivity index (χ1v) is 10.3. The summed E-state index contributed by atoms with van der Waals surface area (Å²) in [7, 11) is -1.56. The van der Waals surface area contributed by atoms with Crippen molar-refractivity contribution in [3.05, 3.63) is 48.2 Å². The van der Waals surface area contributed by atoms with Gasteiger partial charge in [-0.1, -0.05) is 24.3 Å². The number of hydrogen-bond donors (Lipinski definition) is 0. The van der Waals surface area contributed by atoms with Crippen molar-refractivity contribution >= 4 is 38.7 Å². The zero-order chi connectivity index (χ0) is 19.4. The predicted octanol–water partition coefficient (Wildman–Crippen LogP) is 1.44. The number of amides is 1. The van der Waals surface area contributed by atoms with Crippen LogP contribution in [0.15, 0.2) is 42.5 Å². The lowest BCUT2D eigenvalue weighted by Gasteiger charge is -2.22. The maximum Gasteiger partial charge on any atom is 0.331 e. The van der Waals surface area contributed by atoms with Crippen LogP contribution < -0.4 is 0 Å². The first kappa shape index (κ1) is 19.0. The summed E-state index contributed by atoms with van der Waals surface area (Å²) in [5.41, 5.74) is 1.42. The van der Waals surface area contributed by atoms with Crippen molar-refractivity contribution in [3.8, 4) is 0 Å². The number of esters is 1. The second kappa shape index (κ2) is 7.87. The number of para-hydroxylation sites is 1. The molecule has 1 aliphatic rings. The van der Waals surface area contributed by atoms with Crippen LogP contribution in [0, 0.1) is 0 Å². The monoisotopic (exact) mass is 388 g/mol. The molecule has 0 unspecified atom stereocenters. The van der Waals surface area contributed by atoms with Crippen LogP contribution in [0.4, 0.5) is 0 Å². The van der Waals surface area contributed by atoms with Gasteiger partial charge in [0.05, 0.1) is 22.7 Å². The molecule has 0 saturated carbocycles. The molecular formula is C19H20N2O5S. The molecule has 0 bridgehead atoms. The molecule has 7 nitrogen and oxygen atoms in total. The summed E-state index contributed by atoms with van der Waals surface area (Å²) in [6, 6.07) is 11.0.